The van der Waals surface area contributed by atoms with Crippen LogP contribution in [-0.4, -0.2) is 28.3 Å². The average Bonchev–Trinajstić information content (AvgIpc) is 2.72. The van der Waals surface area contributed by atoms with Crippen molar-refractivity contribution in [1.82, 2.24) is 4.90 Å². The van der Waals surface area contributed by atoms with Crippen LogP contribution in [0.1, 0.15) is 12.5 Å². The number of terminal acetylenes is 1. The van der Waals surface area contributed by atoms with Crippen LogP contribution >= 0.6 is 46.6 Å². The number of likely N-dealkylation sites (N-methyl/N-ethyl adjacent to an activating group) is 1. The van der Waals surface area contributed by atoms with Crippen molar-refractivity contribution in [2.75, 3.05) is 13.2 Å². The summed E-state index contributed by atoms with van der Waals surface area (Å²) in [5.74, 6) is 3.14. The van der Waals surface area contributed by atoms with Crippen molar-refractivity contribution in [3.05, 3.63) is 32.2 Å². The summed E-state index contributed by atoms with van der Waals surface area (Å²) in [5, 5.41) is 0. The molecule has 21 heavy (non-hydrogen) atoms. The smallest absolute Gasteiger partial charge is 0.266 e. The molecule has 3 nitrogen and oxygen atoms in total. The number of hydrogen-bond donors (Lipinski definition) is 0. The van der Waals surface area contributed by atoms with Gasteiger partial charge in [0.25, 0.3) is 5.91 Å². The lowest BCUT2D eigenvalue weighted by atomic mass is 10.2. The summed E-state index contributed by atoms with van der Waals surface area (Å²) in [7, 11) is 0. The quantitative estimate of drug-likeness (QED) is 0.317. The summed E-state index contributed by atoms with van der Waals surface area (Å²) < 4.78 is 6.97. The van der Waals surface area contributed by atoms with E-state index in [9.17, 15) is 4.79 Å². The van der Waals surface area contributed by atoms with Crippen LogP contribution in [0.5, 0.6) is 5.75 Å². The molecule has 1 aliphatic heterocycles. The molecule has 2 rings (SSSR count). The van der Waals surface area contributed by atoms with Crippen LogP contribution in [0, 0.1) is 15.9 Å². The Morgan fingerprint density at radius 3 is 2.90 bits per heavy atom. The van der Waals surface area contributed by atoms with Crippen molar-refractivity contribution in [1.29, 1.82) is 0 Å². The molecule has 0 radical (unpaired) electrons. The molecule has 1 fully saturated rings. The van der Waals surface area contributed by atoms with Crippen molar-refractivity contribution >= 4 is 62.9 Å². The lowest BCUT2D eigenvalue weighted by Crippen LogP contribution is -2.27. The SMILES string of the molecule is C#CCOc1ccc(C=C2SC(=S)N(CC)C2=O)cc1I. The van der Waals surface area contributed by atoms with Gasteiger partial charge in [0.2, 0.25) is 0 Å². The van der Waals surface area contributed by atoms with Crippen molar-refractivity contribution in [3.63, 3.8) is 0 Å². The van der Waals surface area contributed by atoms with E-state index in [1.54, 1.807) is 4.90 Å². The normalized spacial score (nSPS) is 16.4. The summed E-state index contributed by atoms with van der Waals surface area (Å²) in [6.07, 6.45) is 7.02. The molecule has 1 heterocycles. The Balaban J connectivity index is 2.22. The molecule has 108 valence electrons. The molecule has 0 spiro atoms. The minimum absolute atomic E-state index is 0.0323. The maximum absolute atomic E-state index is 12.1. The second-order valence-corrected chi connectivity index (χ2v) is 6.95. The number of amides is 1. The van der Waals surface area contributed by atoms with Gasteiger partial charge in [0, 0.05) is 6.54 Å². The van der Waals surface area contributed by atoms with E-state index in [0.717, 1.165) is 14.9 Å². The van der Waals surface area contributed by atoms with E-state index in [1.807, 2.05) is 31.2 Å². The molecule has 0 saturated carbocycles. The fraction of sp³-hybridized carbons (Fsp3) is 0.200. The van der Waals surface area contributed by atoms with Gasteiger partial charge in [0.05, 0.1) is 8.48 Å². The molecule has 1 amide bonds. The first kappa shape index (κ1) is 16.3. The van der Waals surface area contributed by atoms with Crippen LogP contribution in [0.15, 0.2) is 23.1 Å². The minimum Gasteiger partial charge on any atom is -0.480 e. The molecule has 1 aliphatic rings. The largest absolute Gasteiger partial charge is 0.480 e. The molecule has 0 N–H and O–H groups in total. The molecule has 0 bridgehead atoms. The van der Waals surface area contributed by atoms with E-state index in [4.69, 9.17) is 23.4 Å². The maximum Gasteiger partial charge on any atom is 0.266 e. The molecule has 0 unspecified atom stereocenters. The highest BCUT2D eigenvalue weighted by molar-refractivity contribution is 14.1. The van der Waals surface area contributed by atoms with Crippen LogP contribution in [0.4, 0.5) is 0 Å². The Morgan fingerprint density at radius 2 is 2.33 bits per heavy atom. The highest BCUT2D eigenvalue weighted by Crippen LogP contribution is 2.33. The van der Waals surface area contributed by atoms with Crippen LogP contribution < -0.4 is 4.74 Å². The Kier molecular flexibility index (Phi) is 5.67. The summed E-state index contributed by atoms with van der Waals surface area (Å²) in [5.41, 5.74) is 0.934. The van der Waals surface area contributed by atoms with E-state index >= 15 is 0 Å². The average molecular weight is 429 g/mol. The zero-order valence-corrected chi connectivity index (χ0v) is 15.0. The van der Waals surface area contributed by atoms with E-state index in [2.05, 4.69) is 28.5 Å². The van der Waals surface area contributed by atoms with E-state index in [0.29, 0.717) is 15.8 Å². The second kappa shape index (κ2) is 7.29. The Morgan fingerprint density at radius 1 is 1.57 bits per heavy atom. The fourth-order valence-electron chi connectivity index (χ4n) is 1.77. The molecule has 1 aromatic rings. The lowest BCUT2D eigenvalue weighted by Gasteiger charge is -2.09. The number of benzene rings is 1. The third kappa shape index (κ3) is 3.78. The standard InChI is InChI=1S/C15H12INO2S2/c1-3-7-19-12-6-5-10(8-11(12)16)9-13-14(18)17(4-2)15(20)21-13/h1,5-6,8-9H,4,7H2,2H3. The van der Waals surface area contributed by atoms with Gasteiger partial charge in [-0.25, -0.2) is 0 Å². The topological polar surface area (TPSA) is 29.5 Å². The maximum atomic E-state index is 12.1. The third-order valence-electron chi connectivity index (χ3n) is 2.75. The first-order valence-electron chi connectivity index (χ1n) is 6.18. The lowest BCUT2D eigenvalue weighted by molar-refractivity contribution is -0.121. The number of carbonyl (C=O) groups excluding carboxylic acids is 1. The van der Waals surface area contributed by atoms with Gasteiger partial charge < -0.3 is 4.74 Å². The van der Waals surface area contributed by atoms with Gasteiger partial charge in [-0.1, -0.05) is 36.0 Å². The molecule has 0 atom stereocenters. The van der Waals surface area contributed by atoms with Gasteiger partial charge in [-0.05, 0) is 53.3 Å². The highest BCUT2D eigenvalue weighted by Gasteiger charge is 2.30. The number of rotatable bonds is 4. The van der Waals surface area contributed by atoms with Gasteiger partial charge in [-0.3, -0.25) is 9.69 Å². The molecule has 1 saturated heterocycles. The van der Waals surface area contributed by atoms with Crippen LogP contribution in [0.2, 0.25) is 0 Å². The Bertz CT molecular complexity index is 664. The van der Waals surface area contributed by atoms with Gasteiger partial charge >= 0.3 is 0 Å². The number of halogens is 1. The summed E-state index contributed by atoms with van der Waals surface area (Å²) in [6, 6.07) is 5.70. The first-order chi connectivity index (χ1) is 10.1. The Hall–Kier alpha value is -1.04. The molecule has 1 aromatic carbocycles. The molecular formula is C15H12INO2S2. The summed E-state index contributed by atoms with van der Waals surface area (Å²) in [4.78, 5) is 14.4. The monoisotopic (exact) mass is 429 g/mol. The summed E-state index contributed by atoms with van der Waals surface area (Å²) in [6.45, 7) is 2.75. The Labute approximate surface area is 147 Å². The van der Waals surface area contributed by atoms with Crippen molar-refractivity contribution in [2.45, 2.75) is 6.92 Å². The molecule has 6 heteroatoms. The molecule has 0 aliphatic carbocycles. The number of thiocarbonyl (C=S) groups is 1. The number of thioether (sulfide) groups is 1. The van der Waals surface area contributed by atoms with Crippen LogP contribution in [0.3, 0.4) is 0 Å². The first-order valence-corrected chi connectivity index (χ1v) is 8.48. The predicted molar refractivity (Wildman–Crippen MR) is 99.0 cm³/mol. The number of nitrogens with zero attached hydrogens (tertiary/aromatic N) is 1. The number of hydrogen-bond acceptors (Lipinski definition) is 4. The molecular weight excluding hydrogens is 417 g/mol. The van der Waals surface area contributed by atoms with E-state index in [-0.39, 0.29) is 12.5 Å². The molecule has 0 aromatic heterocycles. The van der Waals surface area contributed by atoms with Gasteiger partial charge in [0.15, 0.2) is 0 Å². The van der Waals surface area contributed by atoms with Crippen LogP contribution in [-0.2, 0) is 4.79 Å². The zero-order valence-electron chi connectivity index (χ0n) is 11.3. The van der Waals surface area contributed by atoms with E-state index < -0.39 is 0 Å². The number of carbonyl (C=O) groups is 1. The van der Waals surface area contributed by atoms with Gasteiger partial charge in [-0.2, -0.15) is 0 Å². The predicted octanol–water partition coefficient (Wildman–Crippen LogP) is 3.52. The van der Waals surface area contributed by atoms with E-state index in [1.165, 1.54) is 11.8 Å². The summed E-state index contributed by atoms with van der Waals surface area (Å²) >= 11 is 8.71. The minimum atomic E-state index is -0.0323. The highest BCUT2D eigenvalue weighted by atomic mass is 127. The van der Waals surface area contributed by atoms with Crippen molar-refractivity contribution in [3.8, 4) is 18.1 Å². The van der Waals surface area contributed by atoms with Crippen molar-refractivity contribution < 1.29 is 9.53 Å². The zero-order chi connectivity index (χ0) is 15.4. The second-order valence-electron chi connectivity index (χ2n) is 4.11. The van der Waals surface area contributed by atoms with Gasteiger partial charge in [-0.15, -0.1) is 6.42 Å². The van der Waals surface area contributed by atoms with Crippen molar-refractivity contribution in [2.24, 2.45) is 0 Å². The third-order valence-corrected chi connectivity index (χ3v) is 4.98. The fourth-order valence-corrected chi connectivity index (χ4v) is 3.85. The number of ether oxygens (including phenoxy) is 1. The van der Waals surface area contributed by atoms with Crippen LogP contribution in [0.25, 0.3) is 6.08 Å². The van der Waals surface area contributed by atoms with Gasteiger partial charge in [0.1, 0.15) is 16.7 Å².